The maximum Gasteiger partial charge on any atom is 0.328 e. The molecule has 0 saturated carbocycles. The van der Waals surface area contributed by atoms with E-state index in [-0.39, 0.29) is 30.1 Å². The molecule has 0 bridgehead atoms. The van der Waals surface area contributed by atoms with E-state index < -0.39 is 30.0 Å². The highest BCUT2D eigenvalue weighted by atomic mass is 35.5. The molecule has 4 rings (SSSR count). The van der Waals surface area contributed by atoms with Crippen molar-refractivity contribution in [2.45, 2.75) is 24.7 Å². The molecule has 1 aromatic carbocycles. The lowest BCUT2D eigenvalue weighted by atomic mass is 9.96. The molecule has 0 amide bonds. The summed E-state index contributed by atoms with van der Waals surface area (Å²) >= 11 is 7.62. The van der Waals surface area contributed by atoms with Gasteiger partial charge in [-0.25, -0.2) is 18.6 Å². The van der Waals surface area contributed by atoms with E-state index in [1.807, 2.05) is 0 Å². The van der Waals surface area contributed by atoms with Crippen LogP contribution < -0.4 is 5.32 Å². The summed E-state index contributed by atoms with van der Waals surface area (Å²) in [4.78, 5) is 33.8. The smallest absolute Gasteiger partial charge is 0.328 e. The molecule has 2 aliphatic rings. The van der Waals surface area contributed by atoms with Crippen molar-refractivity contribution in [2.75, 3.05) is 13.1 Å². The van der Waals surface area contributed by atoms with Gasteiger partial charge in [0.25, 0.3) is 0 Å². The molecule has 0 aliphatic carbocycles. The molecule has 0 spiro atoms. The predicted molar refractivity (Wildman–Crippen MR) is 121 cm³/mol. The number of carboxylic acids is 1. The van der Waals surface area contributed by atoms with Gasteiger partial charge in [-0.15, -0.1) is 11.3 Å². The number of benzene rings is 1. The number of alkyl halides is 1. The van der Waals surface area contributed by atoms with E-state index in [0.717, 1.165) is 12.1 Å². The fourth-order valence-electron chi connectivity index (χ4n) is 3.94. The number of nitrogens with one attached hydrogen (secondary N) is 1. The number of carbonyl (C=O) groups excluding carboxylic acids is 1. The lowest BCUT2D eigenvalue weighted by Crippen LogP contribution is -2.39. The zero-order chi connectivity index (χ0) is 23.5. The highest BCUT2D eigenvalue weighted by molar-refractivity contribution is 7.11. The van der Waals surface area contributed by atoms with Crippen molar-refractivity contribution in [2.24, 2.45) is 4.99 Å². The van der Waals surface area contributed by atoms with Gasteiger partial charge in [0.1, 0.15) is 24.3 Å². The van der Waals surface area contributed by atoms with Gasteiger partial charge >= 0.3 is 5.97 Å². The van der Waals surface area contributed by atoms with E-state index in [0.29, 0.717) is 28.4 Å². The van der Waals surface area contributed by atoms with Crippen molar-refractivity contribution in [1.29, 1.82) is 0 Å². The molecule has 172 valence electrons. The Balaban J connectivity index is 1.73. The van der Waals surface area contributed by atoms with E-state index in [1.54, 1.807) is 16.5 Å². The first-order valence-electron chi connectivity index (χ1n) is 10.0. The summed E-state index contributed by atoms with van der Waals surface area (Å²) in [6.07, 6.45) is 3.71. The third-order valence-corrected chi connectivity index (χ3v) is 6.52. The minimum absolute atomic E-state index is 0.0810. The van der Waals surface area contributed by atoms with E-state index >= 15 is 0 Å². The second kappa shape index (κ2) is 9.90. The normalized spacial score (nSPS) is 23.6. The fourth-order valence-corrected chi connectivity index (χ4v) is 4.80. The summed E-state index contributed by atoms with van der Waals surface area (Å²) in [5.74, 6) is -1.23. The Kier molecular flexibility index (Phi) is 6.96. The van der Waals surface area contributed by atoms with Crippen molar-refractivity contribution in [3.8, 4) is 0 Å². The van der Waals surface area contributed by atoms with Gasteiger partial charge in [-0.05, 0) is 18.6 Å². The largest absolute Gasteiger partial charge is 0.478 e. The van der Waals surface area contributed by atoms with Crippen molar-refractivity contribution >= 4 is 41.0 Å². The summed E-state index contributed by atoms with van der Waals surface area (Å²) < 4.78 is 27.8. The number of amidine groups is 1. The van der Waals surface area contributed by atoms with Gasteiger partial charge in [-0.3, -0.25) is 14.7 Å². The van der Waals surface area contributed by atoms with Crippen LogP contribution in [0.25, 0.3) is 0 Å². The van der Waals surface area contributed by atoms with Gasteiger partial charge in [0.05, 0.1) is 0 Å². The average molecular weight is 493 g/mol. The number of aliphatic carboxylic acids is 1. The number of aldehydes is 1. The van der Waals surface area contributed by atoms with Crippen LogP contribution in [0.4, 0.5) is 8.78 Å². The third kappa shape index (κ3) is 5.18. The highest BCUT2D eigenvalue weighted by Gasteiger charge is 2.34. The first-order valence-corrected chi connectivity index (χ1v) is 11.3. The quantitative estimate of drug-likeness (QED) is 0.453. The Bertz CT molecular complexity index is 1150. The number of likely N-dealkylation sites (tertiary alicyclic amines) is 1. The topological polar surface area (TPSA) is 94.9 Å². The lowest BCUT2D eigenvalue weighted by molar-refractivity contribution is -0.131. The molecule has 2 aromatic rings. The van der Waals surface area contributed by atoms with Crippen molar-refractivity contribution in [3.63, 3.8) is 0 Å². The Morgan fingerprint density at radius 1 is 1.42 bits per heavy atom. The molecule has 33 heavy (non-hydrogen) atoms. The number of aliphatic imine (C=N–C) groups is 1. The number of halogens is 3. The van der Waals surface area contributed by atoms with Gasteiger partial charge in [-0.1, -0.05) is 23.7 Å². The summed E-state index contributed by atoms with van der Waals surface area (Å²) in [6, 6.07) is 2.60. The number of carbonyl (C=O) groups is 2. The first kappa shape index (κ1) is 23.2. The standard InChI is InChI=1S/C22H19ClF2N4O3S/c23-17-8-12(24)1-3-15(17)20-16(11-30)18(27-21(28-20)22-26-5-6-33-22)10-29-9-13(25)7-14(29)2-4-19(31)32/h1-6,8,11,13-14,20H,7,9-10H2,(H,27,28)(H,31,32)/b4-2+/t13?,14?,20-/m0/s1. The van der Waals surface area contributed by atoms with E-state index in [9.17, 15) is 18.4 Å². The Morgan fingerprint density at radius 2 is 2.24 bits per heavy atom. The summed E-state index contributed by atoms with van der Waals surface area (Å²) in [6.45, 7) is 0.223. The van der Waals surface area contributed by atoms with Crippen LogP contribution in [0.2, 0.25) is 5.02 Å². The number of aromatic nitrogens is 1. The maximum atomic E-state index is 14.2. The molecule has 11 heteroatoms. The van der Waals surface area contributed by atoms with Gasteiger partial charge in [-0.2, -0.15) is 0 Å². The molecule has 1 fully saturated rings. The molecule has 3 atom stereocenters. The molecular weight excluding hydrogens is 474 g/mol. The summed E-state index contributed by atoms with van der Waals surface area (Å²) in [5, 5.41) is 14.6. The van der Waals surface area contributed by atoms with Crippen molar-refractivity contribution in [3.05, 3.63) is 74.6 Å². The van der Waals surface area contributed by atoms with Crippen molar-refractivity contribution < 1.29 is 23.5 Å². The number of carboxylic acid groups (broad SMARTS) is 1. The SMILES string of the molecule is O=CC1=C(CN2CC(F)CC2/C=C/C(=O)O)NC(c2nccs2)=N[C@H]1c1ccc(F)cc1Cl. The van der Waals surface area contributed by atoms with Crippen LogP contribution in [-0.2, 0) is 9.59 Å². The number of hydrogen-bond donors (Lipinski definition) is 2. The minimum atomic E-state index is -1.13. The predicted octanol–water partition coefficient (Wildman–Crippen LogP) is 3.53. The van der Waals surface area contributed by atoms with Gasteiger partial charge in [0.2, 0.25) is 0 Å². The average Bonchev–Trinajstić information content (AvgIpc) is 3.42. The molecule has 1 saturated heterocycles. The molecule has 2 unspecified atom stereocenters. The van der Waals surface area contributed by atoms with E-state index in [4.69, 9.17) is 16.7 Å². The van der Waals surface area contributed by atoms with E-state index in [1.165, 1.54) is 29.5 Å². The van der Waals surface area contributed by atoms with Crippen LogP contribution in [0.3, 0.4) is 0 Å². The number of hydrogen-bond acceptors (Lipinski definition) is 7. The van der Waals surface area contributed by atoms with Gasteiger partial charge in [0, 0.05) is 58.6 Å². The van der Waals surface area contributed by atoms with Crippen molar-refractivity contribution in [1.82, 2.24) is 15.2 Å². The Hall–Kier alpha value is -2.95. The van der Waals surface area contributed by atoms with Crippen LogP contribution >= 0.6 is 22.9 Å². The summed E-state index contributed by atoms with van der Waals surface area (Å²) in [7, 11) is 0. The van der Waals surface area contributed by atoms with E-state index in [2.05, 4.69) is 15.3 Å². The van der Waals surface area contributed by atoms with Crippen LogP contribution in [0.15, 0.2) is 58.2 Å². The molecule has 0 radical (unpaired) electrons. The zero-order valence-corrected chi connectivity index (χ0v) is 18.7. The number of rotatable bonds is 7. The lowest BCUT2D eigenvalue weighted by Gasteiger charge is -2.30. The zero-order valence-electron chi connectivity index (χ0n) is 17.1. The van der Waals surface area contributed by atoms with Gasteiger partial charge in [0.15, 0.2) is 10.8 Å². The summed E-state index contributed by atoms with van der Waals surface area (Å²) in [5.41, 5.74) is 1.19. The molecule has 2 aliphatic heterocycles. The van der Waals surface area contributed by atoms with Crippen LogP contribution in [0, 0.1) is 5.82 Å². The fraction of sp³-hybridized carbons (Fsp3) is 0.273. The maximum absolute atomic E-state index is 14.2. The van der Waals surface area contributed by atoms with Crippen LogP contribution in [0.5, 0.6) is 0 Å². The molecular formula is C22H19ClF2N4O3S. The minimum Gasteiger partial charge on any atom is -0.478 e. The molecule has 7 nitrogen and oxygen atoms in total. The Labute approximate surface area is 197 Å². The Morgan fingerprint density at radius 3 is 2.91 bits per heavy atom. The first-order chi connectivity index (χ1) is 15.9. The number of nitrogens with zero attached hydrogens (tertiary/aromatic N) is 3. The molecule has 1 aromatic heterocycles. The van der Waals surface area contributed by atoms with Crippen LogP contribution in [0.1, 0.15) is 23.0 Å². The molecule has 3 heterocycles. The second-order valence-corrected chi connectivity index (χ2v) is 8.89. The highest BCUT2D eigenvalue weighted by Crippen LogP contribution is 2.36. The monoisotopic (exact) mass is 492 g/mol. The van der Waals surface area contributed by atoms with Crippen LogP contribution in [-0.4, -0.2) is 58.4 Å². The third-order valence-electron chi connectivity index (χ3n) is 5.41. The second-order valence-electron chi connectivity index (χ2n) is 7.59. The molecule has 2 N–H and O–H groups in total. The number of thiazole rings is 1. The van der Waals surface area contributed by atoms with Gasteiger partial charge < -0.3 is 10.4 Å².